The second-order valence-electron chi connectivity index (χ2n) is 5.60. The van der Waals surface area contributed by atoms with Gasteiger partial charge in [0, 0.05) is 32.7 Å². The zero-order valence-corrected chi connectivity index (χ0v) is 17.7. The second-order valence-corrected chi connectivity index (χ2v) is 7.76. The maximum atomic E-state index is 13.4. The number of hydrogen-bond acceptors (Lipinski definition) is 4. The summed E-state index contributed by atoms with van der Waals surface area (Å²) in [5.41, 5.74) is 0.337. The molecule has 9 heteroatoms. The largest absolute Gasteiger partial charge is 0.421 e. The third-order valence-electron chi connectivity index (χ3n) is 3.70. The standard InChI is InChI=1S/C18H13BrF3IN4/c1-27(14-8-2-11(19)3-9-14)17-24-10-15(18(20,21)22)16(26-17)25-13-6-4-12(23)5-7-13/h2-10H,1H3,(H,24,25,26). The van der Waals surface area contributed by atoms with E-state index >= 15 is 0 Å². The van der Waals surface area contributed by atoms with E-state index in [9.17, 15) is 13.2 Å². The molecule has 0 saturated heterocycles. The van der Waals surface area contributed by atoms with E-state index in [0.29, 0.717) is 5.69 Å². The molecule has 0 atom stereocenters. The highest BCUT2D eigenvalue weighted by atomic mass is 127. The number of hydrogen-bond donors (Lipinski definition) is 1. The minimum Gasteiger partial charge on any atom is -0.340 e. The molecule has 0 radical (unpaired) electrons. The van der Waals surface area contributed by atoms with Crippen molar-refractivity contribution >= 4 is 61.7 Å². The van der Waals surface area contributed by atoms with Gasteiger partial charge in [-0.3, -0.25) is 0 Å². The molecule has 27 heavy (non-hydrogen) atoms. The van der Waals surface area contributed by atoms with Crippen LogP contribution in [0, 0.1) is 3.57 Å². The average Bonchev–Trinajstić information content (AvgIpc) is 2.63. The van der Waals surface area contributed by atoms with E-state index in [0.717, 1.165) is 19.9 Å². The Morgan fingerprint density at radius 3 is 2.26 bits per heavy atom. The first-order valence-corrected chi connectivity index (χ1v) is 9.57. The van der Waals surface area contributed by atoms with Crippen molar-refractivity contribution in [2.75, 3.05) is 17.3 Å². The Hall–Kier alpha value is -1.88. The molecule has 1 aromatic heterocycles. The molecule has 140 valence electrons. The van der Waals surface area contributed by atoms with Crippen molar-refractivity contribution in [2.24, 2.45) is 0 Å². The van der Waals surface area contributed by atoms with Crippen LogP contribution in [0.3, 0.4) is 0 Å². The molecular weight excluding hydrogens is 536 g/mol. The minimum absolute atomic E-state index is 0.151. The van der Waals surface area contributed by atoms with Gasteiger partial charge in [-0.1, -0.05) is 15.9 Å². The van der Waals surface area contributed by atoms with E-state index in [1.54, 1.807) is 36.2 Å². The molecule has 2 aromatic carbocycles. The molecule has 0 spiro atoms. The SMILES string of the molecule is CN(c1ccc(Br)cc1)c1ncc(C(F)(F)F)c(Nc2ccc(I)cc2)n1. The zero-order valence-electron chi connectivity index (χ0n) is 13.9. The smallest absolute Gasteiger partial charge is 0.340 e. The molecule has 4 nitrogen and oxygen atoms in total. The molecular formula is C18H13BrF3IN4. The quantitative estimate of drug-likeness (QED) is 0.384. The summed E-state index contributed by atoms with van der Waals surface area (Å²) in [6.07, 6.45) is -3.77. The van der Waals surface area contributed by atoms with E-state index in [1.165, 1.54) is 0 Å². The Morgan fingerprint density at radius 1 is 1.04 bits per heavy atom. The van der Waals surface area contributed by atoms with E-state index in [4.69, 9.17) is 0 Å². The van der Waals surface area contributed by atoms with Crippen LogP contribution >= 0.6 is 38.5 Å². The number of aromatic nitrogens is 2. The summed E-state index contributed by atoms with van der Waals surface area (Å²) in [6, 6.07) is 14.3. The molecule has 0 aliphatic heterocycles. The molecule has 1 heterocycles. The lowest BCUT2D eigenvalue weighted by Crippen LogP contribution is -2.17. The van der Waals surface area contributed by atoms with Crippen LogP contribution in [0.1, 0.15) is 5.56 Å². The maximum Gasteiger partial charge on any atom is 0.421 e. The van der Waals surface area contributed by atoms with Gasteiger partial charge in [0.25, 0.3) is 0 Å². The van der Waals surface area contributed by atoms with Gasteiger partial charge in [0.15, 0.2) is 0 Å². The van der Waals surface area contributed by atoms with Crippen molar-refractivity contribution in [3.63, 3.8) is 0 Å². The number of nitrogens with one attached hydrogen (secondary N) is 1. The number of alkyl halides is 3. The van der Waals surface area contributed by atoms with Gasteiger partial charge in [-0.05, 0) is 71.1 Å². The van der Waals surface area contributed by atoms with E-state index < -0.39 is 11.7 Å². The van der Waals surface area contributed by atoms with Gasteiger partial charge in [-0.15, -0.1) is 0 Å². The van der Waals surface area contributed by atoms with Gasteiger partial charge >= 0.3 is 6.18 Å². The number of nitrogens with zero attached hydrogens (tertiary/aromatic N) is 3. The van der Waals surface area contributed by atoms with Gasteiger partial charge < -0.3 is 10.2 Å². The maximum absolute atomic E-state index is 13.4. The second kappa shape index (κ2) is 8.01. The van der Waals surface area contributed by atoms with Crippen LogP contribution in [0.15, 0.2) is 59.2 Å². The Balaban J connectivity index is 1.99. The van der Waals surface area contributed by atoms with Crippen LogP contribution in [-0.2, 0) is 6.18 Å². The molecule has 3 aromatic rings. The highest BCUT2D eigenvalue weighted by Crippen LogP contribution is 2.36. The summed E-state index contributed by atoms with van der Waals surface area (Å²) in [5.74, 6) is -0.143. The normalized spacial score (nSPS) is 11.3. The molecule has 0 amide bonds. The van der Waals surface area contributed by atoms with E-state index in [2.05, 4.69) is 53.8 Å². The molecule has 0 bridgehead atoms. The number of benzene rings is 2. The first-order valence-electron chi connectivity index (χ1n) is 7.70. The fourth-order valence-corrected chi connectivity index (χ4v) is 2.91. The summed E-state index contributed by atoms with van der Waals surface area (Å²) < 4.78 is 42.0. The van der Waals surface area contributed by atoms with E-state index in [1.807, 2.05) is 24.3 Å². The van der Waals surface area contributed by atoms with Crippen LogP contribution < -0.4 is 10.2 Å². The first-order chi connectivity index (χ1) is 12.7. The van der Waals surface area contributed by atoms with Gasteiger partial charge in [-0.25, -0.2) is 4.98 Å². The molecule has 1 N–H and O–H groups in total. The fraction of sp³-hybridized carbons (Fsp3) is 0.111. The van der Waals surface area contributed by atoms with Gasteiger partial charge in [0.05, 0.1) is 0 Å². The number of halogens is 5. The Morgan fingerprint density at radius 2 is 1.67 bits per heavy atom. The predicted molar refractivity (Wildman–Crippen MR) is 112 cm³/mol. The van der Waals surface area contributed by atoms with Crippen molar-refractivity contribution in [1.82, 2.24) is 9.97 Å². The van der Waals surface area contributed by atoms with Crippen LogP contribution in [-0.4, -0.2) is 17.0 Å². The van der Waals surface area contributed by atoms with Crippen molar-refractivity contribution in [2.45, 2.75) is 6.18 Å². The Bertz CT molecular complexity index is 931. The molecule has 3 rings (SSSR count). The van der Waals surface area contributed by atoms with E-state index in [-0.39, 0.29) is 11.8 Å². The van der Waals surface area contributed by atoms with Crippen LogP contribution in [0.4, 0.5) is 36.3 Å². The zero-order chi connectivity index (χ0) is 19.6. The van der Waals surface area contributed by atoms with Gasteiger partial charge in [0.2, 0.25) is 5.95 Å². The highest BCUT2D eigenvalue weighted by Gasteiger charge is 2.35. The lowest BCUT2D eigenvalue weighted by molar-refractivity contribution is -0.137. The molecule has 0 fully saturated rings. The third-order valence-corrected chi connectivity index (χ3v) is 4.95. The van der Waals surface area contributed by atoms with Gasteiger partial charge in [-0.2, -0.15) is 18.2 Å². The summed E-state index contributed by atoms with van der Waals surface area (Å²) >= 11 is 5.48. The molecule has 0 aliphatic carbocycles. The summed E-state index contributed by atoms with van der Waals surface area (Å²) in [7, 11) is 1.69. The Kier molecular flexibility index (Phi) is 5.89. The summed E-state index contributed by atoms with van der Waals surface area (Å²) in [5, 5.41) is 2.75. The van der Waals surface area contributed by atoms with Crippen molar-refractivity contribution in [1.29, 1.82) is 0 Å². The van der Waals surface area contributed by atoms with Crippen molar-refractivity contribution in [3.8, 4) is 0 Å². The topological polar surface area (TPSA) is 41.1 Å². The average molecular weight is 549 g/mol. The number of anilines is 4. The molecule has 0 aliphatic rings. The van der Waals surface area contributed by atoms with Crippen LogP contribution in [0.25, 0.3) is 0 Å². The monoisotopic (exact) mass is 548 g/mol. The molecule has 0 saturated carbocycles. The predicted octanol–water partition coefficient (Wildman–Crippen LogP) is 6.37. The minimum atomic E-state index is -4.57. The van der Waals surface area contributed by atoms with Crippen molar-refractivity contribution in [3.05, 3.63) is 68.3 Å². The Labute approximate surface area is 176 Å². The molecule has 0 unspecified atom stereocenters. The van der Waals surface area contributed by atoms with Crippen molar-refractivity contribution < 1.29 is 13.2 Å². The van der Waals surface area contributed by atoms with Crippen LogP contribution in [0.2, 0.25) is 0 Å². The summed E-state index contributed by atoms with van der Waals surface area (Å²) in [4.78, 5) is 9.64. The summed E-state index contributed by atoms with van der Waals surface area (Å²) in [6.45, 7) is 0. The number of rotatable bonds is 4. The highest BCUT2D eigenvalue weighted by molar-refractivity contribution is 14.1. The van der Waals surface area contributed by atoms with Gasteiger partial charge in [0.1, 0.15) is 11.4 Å². The fourth-order valence-electron chi connectivity index (χ4n) is 2.29. The lowest BCUT2D eigenvalue weighted by Gasteiger charge is -2.20. The van der Waals surface area contributed by atoms with Crippen LogP contribution in [0.5, 0.6) is 0 Å². The third kappa shape index (κ3) is 4.89. The first kappa shape index (κ1) is 19.9. The lowest BCUT2D eigenvalue weighted by atomic mass is 10.2.